The predicted molar refractivity (Wildman–Crippen MR) is 464 cm³/mol. The zero-order valence-electron chi connectivity index (χ0n) is 65.8. The summed E-state index contributed by atoms with van der Waals surface area (Å²) >= 11 is 0. The highest BCUT2D eigenvalue weighted by molar-refractivity contribution is 6.01. The molecule has 0 aliphatic heterocycles. The van der Waals surface area contributed by atoms with Crippen molar-refractivity contribution in [2.75, 3.05) is 0 Å². The van der Waals surface area contributed by atoms with Crippen LogP contribution in [0.2, 0.25) is 0 Å². The Hall–Kier alpha value is -13.6. The molecular formula is C99H93N15. The molecule has 4 heterocycles. The van der Waals surface area contributed by atoms with E-state index in [4.69, 9.17) is 46.8 Å². The molecule has 15 nitrogen and oxygen atoms in total. The van der Waals surface area contributed by atoms with Crippen molar-refractivity contribution >= 4 is 5.69 Å². The fourth-order valence-corrected chi connectivity index (χ4v) is 16.0. The molecule has 15 aromatic rings. The molecular weight excluding hydrogens is 1400 g/mol. The number of aryl methyl sites for hydroxylation is 10. The number of para-hydroxylation sites is 4. The second kappa shape index (κ2) is 34.8. The molecule has 0 amide bonds. The summed E-state index contributed by atoms with van der Waals surface area (Å²) in [6.45, 7) is 21.7. The monoisotopic (exact) mass is 1490 g/mol. The van der Waals surface area contributed by atoms with E-state index in [1.165, 1.54) is 44.5 Å². The maximum absolute atomic E-state index is 8.42. The number of aromatic nitrogens is 12. The van der Waals surface area contributed by atoms with Gasteiger partial charge < -0.3 is 0 Å². The molecule has 15 heteroatoms. The van der Waals surface area contributed by atoms with Crippen LogP contribution < -0.4 is 0 Å². The molecule has 0 N–H and O–H groups in total. The first-order chi connectivity index (χ1) is 55.6. The van der Waals surface area contributed by atoms with Gasteiger partial charge in [0.1, 0.15) is 45.6 Å². The number of hydrogen-bond acceptors (Lipinski definition) is 9. The van der Waals surface area contributed by atoms with E-state index in [2.05, 4.69) is 292 Å². The van der Waals surface area contributed by atoms with Gasteiger partial charge in [0, 0.05) is 77.4 Å². The summed E-state index contributed by atoms with van der Waals surface area (Å²) in [7, 11) is 0. The third-order valence-corrected chi connectivity index (χ3v) is 21.8. The first kappa shape index (κ1) is 77.1. The van der Waals surface area contributed by atoms with Crippen LogP contribution in [0.1, 0.15) is 155 Å². The number of azide groups is 1. The van der Waals surface area contributed by atoms with Gasteiger partial charge in [0.25, 0.3) is 0 Å². The summed E-state index contributed by atoms with van der Waals surface area (Å²) in [6.07, 6.45) is 9.07. The van der Waals surface area contributed by atoms with Crippen molar-refractivity contribution in [1.82, 2.24) is 60.0 Å². The maximum Gasteiger partial charge on any atom is 0.122 e. The van der Waals surface area contributed by atoms with E-state index in [-0.39, 0.29) is 7.43 Å². The van der Waals surface area contributed by atoms with Crippen LogP contribution in [0.5, 0.6) is 0 Å². The van der Waals surface area contributed by atoms with Crippen molar-refractivity contribution in [2.45, 2.75) is 141 Å². The summed E-state index contributed by atoms with van der Waals surface area (Å²) in [5.41, 5.74) is 45.7. The number of hydrogen-bond donors (Lipinski definition) is 0. The molecule has 0 radical (unpaired) electrons. The fraction of sp³-hybridized carbons (Fsp3) is 0.212. The Morgan fingerprint density at radius 1 is 0.254 bits per heavy atom. The molecule has 11 aromatic carbocycles. The smallest absolute Gasteiger partial charge is 0.122 e. The highest BCUT2D eigenvalue weighted by Crippen LogP contribution is 2.50. The van der Waals surface area contributed by atoms with E-state index in [1.54, 1.807) is 0 Å². The van der Waals surface area contributed by atoms with Gasteiger partial charge in [-0.25, -0.2) is 18.7 Å². The van der Waals surface area contributed by atoms with E-state index in [1.807, 2.05) is 66.7 Å². The Labute approximate surface area is 669 Å². The highest BCUT2D eigenvalue weighted by atomic mass is 15.5. The van der Waals surface area contributed by atoms with E-state index >= 15 is 0 Å². The summed E-state index contributed by atoms with van der Waals surface area (Å²) < 4.78 is 8.30. The molecule has 3 aliphatic carbocycles. The SMILES string of the molecule is C.C1#Cc2ccccc2C#Cc2ccccc21.CCc1cccc(CC)c1-n1nnc2c1-c1ccccc1-c1c(nnn1-c1c(CC)cccc1CC)-c1ccccc1-2.CCc1cccc(CC)c1-n1nnc2c1-c1ccccc1-c1nnn(-c3c(CC)cccc3CC)c1-c1ccccc1-2.CCc1cccc(CC)c1N=[N+]=[N-]. The lowest BCUT2D eigenvalue weighted by atomic mass is 9.89. The molecule has 3 aliphatic rings. The van der Waals surface area contributed by atoms with Crippen LogP contribution in [-0.2, 0) is 64.2 Å². The van der Waals surface area contributed by atoms with E-state index in [0.717, 1.165) is 216 Å². The van der Waals surface area contributed by atoms with Gasteiger partial charge in [0.05, 0.1) is 22.7 Å². The first-order valence-corrected chi connectivity index (χ1v) is 39.7. The van der Waals surface area contributed by atoms with Crippen LogP contribution in [-0.4, -0.2) is 60.0 Å². The summed E-state index contributed by atoms with van der Waals surface area (Å²) in [5, 5.41) is 42.8. The van der Waals surface area contributed by atoms with Crippen molar-refractivity contribution in [2.24, 2.45) is 5.11 Å². The third kappa shape index (κ3) is 14.3. The molecule has 0 bridgehead atoms. The minimum Gasteiger partial charge on any atom is -0.212 e. The van der Waals surface area contributed by atoms with Crippen LogP contribution in [0.3, 0.4) is 0 Å². The standard InChI is InChI=1S/2C36H34N6.C16H8.C10H13N3.CH4/c1-5-23-15-13-16-24(6-2)33(23)41-35-29-21-11-9-19-27(29)32-36(30-22-12-10-20-28(30)31(35)37-39-41)42(40-38-32)34-25(7-3)17-14-18-26(34)8-4;1-5-23-15-13-16-24(6-2)33(23)41-35-29-21-11-12-22-30(29)36-32(28-20-10-9-19-27(28)31(35)37-39-41)38-40-42(36)34-25(7-3)17-14-18-26(34)8-4;1-2-6-14-11-12-16-8-4-3-7-15(16)10-9-13(14)5-1;1-3-8-6-5-7-9(4-2)10(8)12-13-11;/h2*9-22H,5-8H2,1-4H3;1-8H;5-7H,3-4H2,1-2H3;1H4. The van der Waals surface area contributed by atoms with Crippen molar-refractivity contribution in [3.05, 3.63) is 325 Å². The zero-order chi connectivity index (χ0) is 78.1. The third-order valence-electron chi connectivity index (χ3n) is 21.8. The van der Waals surface area contributed by atoms with Gasteiger partial charge in [-0.15, -0.1) is 20.4 Å². The fourth-order valence-electron chi connectivity index (χ4n) is 16.0. The van der Waals surface area contributed by atoms with Crippen molar-refractivity contribution in [3.8, 4) is 136 Å². The Bertz CT molecular complexity index is 5760. The lowest BCUT2D eigenvalue weighted by molar-refractivity contribution is 0.785. The van der Waals surface area contributed by atoms with Gasteiger partial charge in [-0.3, -0.25) is 0 Å². The van der Waals surface area contributed by atoms with E-state index in [9.17, 15) is 0 Å². The molecule has 0 saturated heterocycles. The quantitative estimate of drug-likeness (QED) is 0.0422. The minimum absolute atomic E-state index is 0. The van der Waals surface area contributed by atoms with Crippen molar-refractivity contribution in [3.63, 3.8) is 0 Å². The molecule has 0 spiro atoms. The van der Waals surface area contributed by atoms with Crippen molar-refractivity contribution < 1.29 is 0 Å². The molecule has 564 valence electrons. The van der Waals surface area contributed by atoms with Crippen LogP contribution >= 0.6 is 0 Å². The Morgan fingerprint density at radius 3 is 0.649 bits per heavy atom. The van der Waals surface area contributed by atoms with Gasteiger partial charge in [0.2, 0.25) is 0 Å². The normalized spacial score (nSPS) is 11.2. The molecule has 0 unspecified atom stereocenters. The molecule has 4 aromatic heterocycles. The molecule has 0 saturated carbocycles. The van der Waals surface area contributed by atoms with E-state index in [0.29, 0.717) is 0 Å². The summed E-state index contributed by atoms with van der Waals surface area (Å²) in [5.74, 6) is 12.7. The summed E-state index contributed by atoms with van der Waals surface area (Å²) in [6, 6.07) is 82.2. The number of rotatable bonds is 15. The largest absolute Gasteiger partial charge is 0.212 e. The number of fused-ring (bicyclic) bond motifs is 18. The van der Waals surface area contributed by atoms with Gasteiger partial charge in [-0.1, -0.05) is 339 Å². The van der Waals surface area contributed by atoms with Gasteiger partial charge >= 0.3 is 0 Å². The zero-order valence-corrected chi connectivity index (χ0v) is 65.8. The predicted octanol–water partition coefficient (Wildman–Crippen LogP) is 23.3. The Balaban J connectivity index is 0.000000139. The van der Waals surface area contributed by atoms with Crippen LogP contribution in [0.4, 0.5) is 5.69 Å². The Morgan fingerprint density at radius 2 is 0.439 bits per heavy atom. The topological polar surface area (TPSA) is 172 Å². The second-order valence-electron chi connectivity index (χ2n) is 27.9. The highest BCUT2D eigenvalue weighted by Gasteiger charge is 2.35. The van der Waals surface area contributed by atoms with Crippen LogP contribution in [0.15, 0.2) is 242 Å². The molecule has 114 heavy (non-hydrogen) atoms. The van der Waals surface area contributed by atoms with Crippen LogP contribution in [0, 0.1) is 23.7 Å². The summed E-state index contributed by atoms with van der Waals surface area (Å²) in [4.78, 5) is 2.85. The Kier molecular flexibility index (Phi) is 23.5. The number of benzene rings is 11. The van der Waals surface area contributed by atoms with Gasteiger partial charge in [-0.05, 0) is 150 Å². The minimum atomic E-state index is 0. The maximum atomic E-state index is 8.42. The lowest BCUT2D eigenvalue weighted by Crippen LogP contribution is -2.10. The average Bonchev–Trinajstić information content (AvgIpc) is 1.56. The van der Waals surface area contributed by atoms with E-state index < -0.39 is 0 Å². The average molecular weight is 1490 g/mol. The molecule has 0 fully saturated rings. The van der Waals surface area contributed by atoms with Gasteiger partial charge in [-0.2, -0.15) is 0 Å². The second-order valence-corrected chi connectivity index (χ2v) is 27.9. The van der Waals surface area contributed by atoms with Gasteiger partial charge in [0.15, 0.2) is 0 Å². The lowest BCUT2D eigenvalue weighted by Gasteiger charge is -2.21. The first-order valence-electron chi connectivity index (χ1n) is 39.7. The van der Waals surface area contributed by atoms with Crippen molar-refractivity contribution in [1.29, 1.82) is 0 Å². The molecule has 0 atom stereocenters. The molecule has 18 rings (SSSR count). The number of nitrogens with zero attached hydrogens (tertiary/aromatic N) is 15. The van der Waals surface area contributed by atoms with Crippen LogP contribution in [0.25, 0.3) is 123 Å².